The topological polar surface area (TPSA) is 77.5 Å². The molecule has 114 valence electrons. The van der Waals surface area contributed by atoms with Crippen LogP contribution in [0.15, 0.2) is 42.6 Å². The van der Waals surface area contributed by atoms with E-state index in [-0.39, 0.29) is 23.1 Å². The molecule has 1 amide bonds. The number of para-hydroxylation sites is 1. The number of carbonyl (C=O) groups excluding carboxylic acids is 2. The Balaban J connectivity index is 2.00. The monoisotopic (exact) mass is 320 g/mol. The molecular formula is C15H13ClN2O4. The van der Waals surface area contributed by atoms with E-state index in [1.165, 1.54) is 13.3 Å². The lowest BCUT2D eigenvalue weighted by molar-refractivity contribution is -0.118. The molecule has 0 aliphatic carbocycles. The summed E-state index contributed by atoms with van der Waals surface area (Å²) in [5.74, 6) is -0.692. The maximum atomic E-state index is 11.8. The summed E-state index contributed by atoms with van der Waals surface area (Å²) in [6.45, 7) is -0.279. The molecule has 0 saturated carbocycles. The van der Waals surface area contributed by atoms with E-state index in [1.807, 2.05) is 0 Å². The molecule has 6 nitrogen and oxygen atoms in total. The number of ether oxygens (including phenoxy) is 2. The molecule has 0 aliphatic rings. The molecule has 7 heteroatoms. The van der Waals surface area contributed by atoms with Gasteiger partial charge in [-0.3, -0.25) is 4.79 Å². The van der Waals surface area contributed by atoms with Gasteiger partial charge in [-0.15, -0.1) is 0 Å². The number of aromatic nitrogens is 1. The summed E-state index contributed by atoms with van der Waals surface area (Å²) in [4.78, 5) is 27.3. The number of nitrogens with one attached hydrogen (secondary N) is 1. The summed E-state index contributed by atoms with van der Waals surface area (Å²) in [7, 11) is 1.27. The van der Waals surface area contributed by atoms with Crippen molar-refractivity contribution in [2.45, 2.75) is 0 Å². The Hall–Kier alpha value is -2.60. The fourth-order valence-electron chi connectivity index (χ4n) is 1.68. The number of pyridine rings is 1. The van der Waals surface area contributed by atoms with E-state index in [0.717, 1.165) is 0 Å². The largest absolute Gasteiger partial charge is 0.483 e. The van der Waals surface area contributed by atoms with Crippen LogP contribution in [0.5, 0.6) is 5.75 Å². The van der Waals surface area contributed by atoms with Crippen LogP contribution in [0.25, 0.3) is 0 Å². The first-order valence-electron chi connectivity index (χ1n) is 6.32. The standard InChI is InChI=1S/C15H13ClN2O4/c1-21-15(20)10-5-2-3-7-12(10)22-9-13(19)18-11-6-4-8-17-14(11)16/h2-8H,9H2,1H3,(H,18,19). The van der Waals surface area contributed by atoms with Gasteiger partial charge in [0.05, 0.1) is 12.8 Å². The minimum Gasteiger partial charge on any atom is -0.483 e. The number of rotatable bonds is 5. The normalized spacial score (nSPS) is 9.91. The lowest BCUT2D eigenvalue weighted by Gasteiger charge is -2.10. The van der Waals surface area contributed by atoms with Crippen molar-refractivity contribution in [3.63, 3.8) is 0 Å². The zero-order chi connectivity index (χ0) is 15.9. The SMILES string of the molecule is COC(=O)c1ccccc1OCC(=O)Nc1cccnc1Cl. The minimum atomic E-state index is -0.536. The maximum Gasteiger partial charge on any atom is 0.341 e. The van der Waals surface area contributed by atoms with Crippen molar-refractivity contribution in [2.75, 3.05) is 19.0 Å². The zero-order valence-corrected chi connectivity index (χ0v) is 12.5. The molecule has 0 bridgehead atoms. The third-order valence-corrected chi connectivity index (χ3v) is 2.99. The van der Waals surface area contributed by atoms with E-state index in [9.17, 15) is 9.59 Å². The highest BCUT2D eigenvalue weighted by atomic mass is 35.5. The van der Waals surface area contributed by atoms with Crippen molar-refractivity contribution in [2.24, 2.45) is 0 Å². The van der Waals surface area contributed by atoms with Crippen LogP contribution >= 0.6 is 11.6 Å². The van der Waals surface area contributed by atoms with Gasteiger partial charge in [0.25, 0.3) is 5.91 Å². The fraction of sp³-hybridized carbons (Fsp3) is 0.133. The van der Waals surface area contributed by atoms with Gasteiger partial charge >= 0.3 is 5.97 Å². The molecule has 0 atom stereocenters. The average molecular weight is 321 g/mol. The van der Waals surface area contributed by atoms with Gasteiger partial charge in [0.2, 0.25) is 0 Å². The molecule has 1 aromatic heterocycles. The van der Waals surface area contributed by atoms with Gasteiger partial charge in [-0.1, -0.05) is 23.7 Å². The number of hydrogen-bond acceptors (Lipinski definition) is 5. The van der Waals surface area contributed by atoms with Crippen LogP contribution in [0.2, 0.25) is 5.15 Å². The summed E-state index contributed by atoms with van der Waals surface area (Å²) >= 11 is 5.84. The van der Waals surface area contributed by atoms with E-state index < -0.39 is 11.9 Å². The first kappa shape index (κ1) is 15.8. The van der Waals surface area contributed by atoms with Gasteiger partial charge in [0.1, 0.15) is 11.3 Å². The molecule has 1 heterocycles. The maximum absolute atomic E-state index is 11.8. The molecule has 2 aromatic rings. The number of methoxy groups -OCH3 is 1. The van der Waals surface area contributed by atoms with E-state index in [0.29, 0.717) is 5.69 Å². The Morgan fingerprint density at radius 2 is 2.00 bits per heavy atom. The predicted molar refractivity (Wildman–Crippen MR) is 81.2 cm³/mol. The van der Waals surface area contributed by atoms with Crippen LogP contribution in [-0.2, 0) is 9.53 Å². The van der Waals surface area contributed by atoms with Gasteiger partial charge < -0.3 is 14.8 Å². The predicted octanol–water partition coefficient (Wildman–Crippen LogP) is 2.54. The molecule has 2 rings (SSSR count). The van der Waals surface area contributed by atoms with Gasteiger partial charge in [0, 0.05) is 6.20 Å². The molecule has 0 radical (unpaired) electrons. The summed E-state index contributed by atoms with van der Waals surface area (Å²) in [5, 5.41) is 2.75. The second-order valence-electron chi connectivity index (χ2n) is 4.17. The Labute approximate surface area is 132 Å². The first-order valence-corrected chi connectivity index (χ1v) is 6.70. The van der Waals surface area contributed by atoms with Crippen LogP contribution in [-0.4, -0.2) is 30.6 Å². The van der Waals surface area contributed by atoms with E-state index in [2.05, 4.69) is 15.0 Å². The van der Waals surface area contributed by atoms with Crippen molar-refractivity contribution in [3.8, 4) is 5.75 Å². The molecule has 1 aromatic carbocycles. The highest BCUT2D eigenvalue weighted by Crippen LogP contribution is 2.20. The molecule has 0 spiro atoms. The van der Waals surface area contributed by atoms with Gasteiger partial charge in [-0.25, -0.2) is 9.78 Å². The number of amides is 1. The highest BCUT2D eigenvalue weighted by molar-refractivity contribution is 6.32. The van der Waals surface area contributed by atoms with Crippen LogP contribution in [0.1, 0.15) is 10.4 Å². The van der Waals surface area contributed by atoms with E-state index in [4.69, 9.17) is 16.3 Å². The molecule has 0 saturated heterocycles. The van der Waals surface area contributed by atoms with Crippen LogP contribution in [0, 0.1) is 0 Å². The second-order valence-corrected chi connectivity index (χ2v) is 4.52. The summed E-state index contributed by atoms with van der Waals surface area (Å²) < 4.78 is 10.0. The van der Waals surface area contributed by atoms with Crippen molar-refractivity contribution in [3.05, 3.63) is 53.3 Å². The Morgan fingerprint density at radius 1 is 1.23 bits per heavy atom. The molecule has 1 N–H and O–H groups in total. The smallest absolute Gasteiger partial charge is 0.341 e. The first-order chi connectivity index (χ1) is 10.6. The number of nitrogens with zero attached hydrogens (tertiary/aromatic N) is 1. The van der Waals surface area contributed by atoms with E-state index >= 15 is 0 Å². The highest BCUT2D eigenvalue weighted by Gasteiger charge is 2.14. The molecule has 22 heavy (non-hydrogen) atoms. The number of anilines is 1. The molecule has 0 fully saturated rings. The Kier molecular flexibility index (Phi) is 5.32. The van der Waals surface area contributed by atoms with Gasteiger partial charge in [0.15, 0.2) is 11.8 Å². The van der Waals surface area contributed by atoms with Crippen molar-refractivity contribution in [1.82, 2.24) is 4.98 Å². The second kappa shape index (κ2) is 7.42. The summed E-state index contributed by atoms with van der Waals surface area (Å²) in [6, 6.07) is 9.77. The third-order valence-electron chi connectivity index (χ3n) is 2.68. The number of halogens is 1. The molecule has 0 aliphatic heterocycles. The number of carbonyl (C=O) groups is 2. The number of benzene rings is 1. The van der Waals surface area contributed by atoms with Gasteiger partial charge in [-0.05, 0) is 24.3 Å². The summed E-state index contributed by atoms with van der Waals surface area (Å²) in [6.07, 6.45) is 1.51. The molecule has 0 unspecified atom stereocenters. The minimum absolute atomic E-state index is 0.186. The Bertz CT molecular complexity index is 691. The van der Waals surface area contributed by atoms with Crippen LogP contribution in [0.3, 0.4) is 0 Å². The van der Waals surface area contributed by atoms with E-state index in [1.54, 1.807) is 36.4 Å². The number of hydrogen-bond donors (Lipinski definition) is 1. The average Bonchev–Trinajstić information content (AvgIpc) is 2.54. The van der Waals surface area contributed by atoms with Gasteiger partial charge in [-0.2, -0.15) is 0 Å². The van der Waals surface area contributed by atoms with Crippen molar-refractivity contribution >= 4 is 29.2 Å². The Morgan fingerprint density at radius 3 is 2.73 bits per heavy atom. The van der Waals surface area contributed by atoms with Crippen LogP contribution in [0.4, 0.5) is 5.69 Å². The quantitative estimate of drug-likeness (QED) is 0.676. The van der Waals surface area contributed by atoms with Crippen LogP contribution < -0.4 is 10.1 Å². The third kappa shape index (κ3) is 3.95. The lowest BCUT2D eigenvalue weighted by Crippen LogP contribution is -2.21. The van der Waals surface area contributed by atoms with Crippen molar-refractivity contribution in [1.29, 1.82) is 0 Å². The number of esters is 1. The lowest BCUT2D eigenvalue weighted by atomic mass is 10.2. The fourth-order valence-corrected chi connectivity index (χ4v) is 1.85. The summed E-state index contributed by atoms with van der Waals surface area (Å²) in [5.41, 5.74) is 0.635. The van der Waals surface area contributed by atoms with Crippen molar-refractivity contribution < 1.29 is 19.1 Å². The molecular weight excluding hydrogens is 308 g/mol. The zero-order valence-electron chi connectivity index (χ0n) is 11.7.